The molecule has 260 valence electrons. The molecule has 7 unspecified atom stereocenters. The van der Waals surface area contributed by atoms with Crippen molar-refractivity contribution in [3.63, 3.8) is 0 Å². The molecule has 0 heterocycles. The molecule has 4 aliphatic carbocycles. The van der Waals surface area contributed by atoms with Crippen LogP contribution in [0.5, 0.6) is 0 Å². The molecule has 0 spiro atoms. The number of nitrogens with zero attached hydrogens (tertiary/aromatic N) is 1. The van der Waals surface area contributed by atoms with Gasteiger partial charge in [-0.05, 0) is 145 Å². The molecule has 0 aliphatic heterocycles. The second-order valence-corrected chi connectivity index (χ2v) is 18.5. The summed E-state index contributed by atoms with van der Waals surface area (Å²) in [4.78, 5) is 15.4. The number of carbonyl (C=O) groups excluding carboxylic acids is 1. The van der Waals surface area contributed by atoms with E-state index in [4.69, 9.17) is 16.2 Å². The molecule has 0 saturated heterocycles. The first-order valence-corrected chi connectivity index (χ1v) is 19.2. The summed E-state index contributed by atoms with van der Waals surface area (Å²) in [6.45, 7) is 21.9. The molecule has 0 aromatic heterocycles. The van der Waals surface area contributed by atoms with Crippen LogP contribution in [0, 0.1) is 46.3 Å². The van der Waals surface area contributed by atoms with Gasteiger partial charge in [0.05, 0.1) is 0 Å². The molecular formula is C40H73N3O2. The third-order valence-electron chi connectivity index (χ3n) is 13.7. The Morgan fingerprint density at radius 2 is 1.69 bits per heavy atom. The Morgan fingerprint density at radius 1 is 0.978 bits per heavy atom. The summed E-state index contributed by atoms with van der Waals surface area (Å²) in [6, 6.07) is 0. The normalized spacial score (nSPS) is 34.0. The largest absolute Gasteiger partial charge is 0.446 e. The SMILES string of the molecule is CC[C@H](CCCC1CCC2C3CC=C4CC(OC(=O)N(CCCC(C)(C)N)CCC(C)(C)N)CCC4(C)C3CCC12C)C(C)C. The molecule has 0 radical (unpaired) electrons. The molecule has 0 bridgehead atoms. The molecule has 0 aromatic rings. The highest BCUT2D eigenvalue weighted by atomic mass is 16.6. The number of allylic oxidation sites excluding steroid dienone is 1. The second-order valence-electron chi connectivity index (χ2n) is 18.5. The minimum absolute atomic E-state index is 0.0183. The van der Waals surface area contributed by atoms with E-state index >= 15 is 0 Å². The van der Waals surface area contributed by atoms with Crippen LogP contribution in [0.15, 0.2) is 11.6 Å². The van der Waals surface area contributed by atoms with Crippen molar-refractivity contribution in [3.8, 4) is 0 Å². The fourth-order valence-corrected chi connectivity index (χ4v) is 10.6. The number of hydrogen-bond donors (Lipinski definition) is 2. The van der Waals surface area contributed by atoms with Gasteiger partial charge in [-0.2, -0.15) is 0 Å². The average molecular weight is 628 g/mol. The van der Waals surface area contributed by atoms with Crippen molar-refractivity contribution in [1.82, 2.24) is 4.90 Å². The molecule has 3 saturated carbocycles. The van der Waals surface area contributed by atoms with Gasteiger partial charge in [0.2, 0.25) is 0 Å². The van der Waals surface area contributed by atoms with Gasteiger partial charge in [-0.3, -0.25) is 0 Å². The van der Waals surface area contributed by atoms with Crippen molar-refractivity contribution in [3.05, 3.63) is 11.6 Å². The third kappa shape index (κ3) is 8.89. The maximum absolute atomic E-state index is 13.5. The van der Waals surface area contributed by atoms with E-state index in [9.17, 15) is 4.79 Å². The topological polar surface area (TPSA) is 81.6 Å². The van der Waals surface area contributed by atoms with Gasteiger partial charge < -0.3 is 21.1 Å². The highest BCUT2D eigenvalue weighted by Gasteiger charge is 2.58. The monoisotopic (exact) mass is 628 g/mol. The van der Waals surface area contributed by atoms with E-state index in [1.165, 1.54) is 57.8 Å². The molecule has 45 heavy (non-hydrogen) atoms. The number of carbonyl (C=O) groups is 1. The van der Waals surface area contributed by atoms with Crippen LogP contribution in [0.2, 0.25) is 0 Å². The van der Waals surface area contributed by atoms with Gasteiger partial charge >= 0.3 is 6.09 Å². The van der Waals surface area contributed by atoms with Crippen molar-refractivity contribution < 1.29 is 9.53 Å². The zero-order valence-corrected chi connectivity index (χ0v) is 31.1. The van der Waals surface area contributed by atoms with Crippen molar-refractivity contribution in [2.24, 2.45) is 57.8 Å². The summed E-state index contributed by atoms with van der Waals surface area (Å²) in [7, 11) is 0. The molecule has 4 N–H and O–H groups in total. The summed E-state index contributed by atoms with van der Waals surface area (Å²) in [5.74, 6) is 5.15. The fourth-order valence-electron chi connectivity index (χ4n) is 10.6. The number of hydrogen-bond acceptors (Lipinski definition) is 4. The van der Waals surface area contributed by atoms with E-state index in [0.717, 1.165) is 74.0 Å². The predicted molar refractivity (Wildman–Crippen MR) is 190 cm³/mol. The summed E-state index contributed by atoms with van der Waals surface area (Å²) < 4.78 is 6.28. The Morgan fingerprint density at radius 3 is 2.33 bits per heavy atom. The number of fused-ring (bicyclic) bond motifs is 5. The van der Waals surface area contributed by atoms with Crippen LogP contribution < -0.4 is 11.5 Å². The van der Waals surface area contributed by atoms with Crippen molar-refractivity contribution >= 4 is 6.09 Å². The summed E-state index contributed by atoms with van der Waals surface area (Å²) >= 11 is 0. The van der Waals surface area contributed by atoms with Crippen molar-refractivity contribution in [2.75, 3.05) is 13.1 Å². The minimum Gasteiger partial charge on any atom is -0.446 e. The average Bonchev–Trinajstić information content (AvgIpc) is 3.27. The molecule has 0 aromatic carbocycles. The molecule has 4 rings (SSSR count). The van der Waals surface area contributed by atoms with Crippen molar-refractivity contribution in [2.45, 2.75) is 176 Å². The van der Waals surface area contributed by atoms with Crippen LogP contribution in [0.25, 0.3) is 0 Å². The standard InChI is InChI=1S/C40H73N3O2/c1-10-29(28(2)3)13-11-14-30-16-18-34-33-17-15-31-27-32(19-22-40(31,9)35(33)20-23-39(30,34)8)45-36(44)43(26-24-38(6,7)42)25-12-21-37(4,5)41/h15,28-30,32-35H,10-14,16-27,41-42H2,1-9H3/t29-,30?,32?,33?,34?,35?,39?,40?/m1/s1. The van der Waals surface area contributed by atoms with Gasteiger partial charge in [0.1, 0.15) is 6.10 Å². The number of rotatable bonds is 14. The van der Waals surface area contributed by atoms with Gasteiger partial charge in [0.15, 0.2) is 0 Å². The fraction of sp³-hybridized carbons (Fsp3) is 0.925. The summed E-state index contributed by atoms with van der Waals surface area (Å²) in [6.07, 6.45) is 20.5. The smallest absolute Gasteiger partial charge is 0.410 e. The molecule has 5 heteroatoms. The molecule has 5 nitrogen and oxygen atoms in total. The van der Waals surface area contributed by atoms with Gasteiger partial charge in [-0.15, -0.1) is 0 Å². The van der Waals surface area contributed by atoms with Crippen LogP contribution in [0.3, 0.4) is 0 Å². The van der Waals surface area contributed by atoms with E-state index in [1.807, 2.05) is 32.6 Å². The van der Waals surface area contributed by atoms with Gasteiger partial charge in [0.25, 0.3) is 0 Å². The van der Waals surface area contributed by atoms with E-state index in [0.29, 0.717) is 18.5 Å². The molecule has 1 amide bonds. The number of ether oxygens (including phenoxy) is 1. The van der Waals surface area contributed by atoms with E-state index in [1.54, 1.807) is 5.57 Å². The molecule has 3 fully saturated rings. The van der Waals surface area contributed by atoms with Crippen LogP contribution in [0.4, 0.5) is 4.79 Å². The molecule has 4 aliphatic rings. The lowest BCUT2D eigenvalue weighted by Crippen LogP contribution is -2.50. The van der Waals surface area contributed by atoms with Crippen LogP contribution >= 0.6 is 0 Å². The Balaban J connectivity index is 1.36. The first-order chi connectivity index (χ1) is 21.0. The molecule has 8 atom stereocenters. The third-order valence-corrected chi connectivity index (χ3v) is 13.7. The van der Waals surface area contributed by atoms with Crippen molar-refractivity contribution in [1.29, 1.82) is 0 Å². The van der Waals surface area contributed by atoms with Crippen LogP contribution in [-0.2, 0) is 4.74 Å². The second kappa shape index (κ2) is 14.6. The number of nitrogens with two attached hydrogens (primary N) is 2. The highest BCUT2D eigenvalue weighted by molar-refractivity contribution is 5.68. The van der Waals surface area contributed by atoms with Gasteiger partial charge in [0, 0.05) is 30.6 Å². The zero-order chi connectivity index (χ0) is 33.2. The van der Waals surface area contributed by atoms with E-state index in [2.05, 4.69) is 40.7 Å². The summed E-state index contributed by atoms with van der Waals surface area (Å²) in [5, 5.41) is 0. The maximum atomic E-state index is 13.5. The minimum atomic E-state index is -0.316. The Bertz CT molecular complexity index is 1010. The molecular weight excluding hydrogens is 554 g/mol. The Kier molecular flexibility index (Phi) is 11.9. The Labute approximate surface area is 278 Å². The zero-order valence-electron chi connectivity index (χ0n) is 31.1. The lowest BCUT2D eigenvalue weighted by atomic mass is 9.47. The predicted octanol–water partition coefficient (Wildman–Crippen LogP) is 9.87. The Hall–Kier alpha value is -1.07. The first kappa shape index (κ1) is 36.8. The lowest BCUT2D eigenvalue weighted by molar-refractivity contribution is -0.0535. The number of amides is 1. The van der Waals surface area contributed by atoms with E-state index in [-0.39, 0.29) is 28.7 Å². The first-order valence-electron chi connectivity index (χ1n) is 19.2. The summed E-state index contributed by atoms with van der Waals surface area (Å²) in [5.41, 5.74) is 14.4. The quantitative estimate of drug-likeness (QED) is 0.188. The maximum Gasteiger partial charge on any atom is 0.410 e. The lowest BCUT2D eigenvalue weighted by Gasteiger charge is -2.58. The van der Waals surface area contributed by atoms with Gasteiger partial charge in [-0.25, -0.2) is 4.79 Å². The van der Waals surface area contributed by atoms with E-state index < -0.39 is 0 Å². The van der Waals surface area contributed by atoms with Crippen LogP contribution in [0.1, 0.15) is 159 Å². The van der Waals surface area contributed by atoms with Gasteiger partial charge in [-0.1, -0.05) is 65.5 Å². The highest BCUT2D eigenvalue weighted by Crippen LogP contribution is 2.67. The van der Waals surface area contributed by atoms with Crippen LogP contribution in [-0.4, -0.2) is 41.3 Å².